The number of carbonyl (C=O) groups is 1. The van der Waals surface area contributed by atoms with Crippen LogP contribution in [0.25, 0.3) is 5.69 Å². The van der Waals surface area contributed by atoms with E-state index in [4.69, 9.17) is 11.6 Å². The van der Waals surface area contributed by atoms with Gasteiger partial charge in [0.15, 0.2) is 5.17 Å². The Morgan fingerprint density at radius 1 is 1.09 bits per heavy atom. The molecule has 35 heavy (non-hydrogen) atoms. The molecule has 1 amide bonds. The topological polar surface area (TPSA) is 76.7 Å². The number of hydrogen-bond donors (Lipinski definition) is 0. The summed E-state index contributed by atoms with van der Waals surface area (Å²) in [6, 6.07) is 11.1. The van der Waals surface area contributed by atoms with E-state index < -0.39 is 34.6 Å². The molecule has 7 nitrogen and oxygen atoms in total. The molecule has 0 bridgehead atoms. The molecule has 1 aliphatic rings. The molecule has 0 saturated carbocycles. The van der Waals surface area contributed by atoms with Crippen molar-refractivity contribution in [3.05, 3.63) is 91.5 Å². The van der Waals surface area contributed by atoms with E-state index in [-0.39, 0.29) is 49.3 Å². The highest BCUT2D eigenvalue weighted by atomic mass is 35.5. The van der Waals surface area contributed by atoms with Crippen molar-refractivity contribution >= 4 is 40.1 Å². The van der Waals surface area contributed by atoms with Crippen molar-refractivity contribution in [3.63, 3.8) is 0 Å². The van der Waals surface area contributed by atoms with Gasteiger partial charge in [-0.2, -0.15) is 13.2 Å². The van der Waals surface area contributed by atoms with Gasteiger partial charge in [-0.05, 0) is 17.7 Å². The second kappa shape index (κ2) is 9.34. The molecular weight excluding hydrogens is 512 g/mol. The van der Waals surface area contributed by atoms with Crippen LogP contribution >= 0.6 is 23.4 Å². The van der Waals surface area contributed by atoms with Gasteiger partial charge in [-0.3, -0.25) is 19.1 Å². The van der Waals surface area contributed by atoms with Crippen LogP contribution in [0.1, 0.15) is 11.3 Å². The first-order chi connectivity index (χ1) is 16.5. The summed E-state index contributed by atoms with van der Waals surface area (Å²) >= 11 is 7.24. The van der Waals surface area contributed by atoms with Crippen LogP contribution < -0.4 is 11.2 Å². The average molecular weight is 527 g/mol. The minimum atomic E-state index is -4.96. The van der Waals surface area contributed by atoms with Gasteiger partial charge in [0.2, 0.25) is 5.91 Å². The Balaban J connectivity index is 1.81. The number of aliphatic imine (C=N–C) groups is 1. The normalized spacial score (nSPS) is 15.3. The van der Waals surface area contributed by atoms with E-state index in [2.05, 4.69) is 4.99 Å². The number of amides is 1. The van der Waals surface area contributed by atoms with Gasteiger partial charge in [0, 0.05) is 13.1 Å². The number of amidine groups is 1. The first kappa shape index (κ1) is 24.7. The van der Waals surface area contributed by atoms with E-state index in [1.807, 2.05) is 30.3 Å². The third-order valence-electron chi connectivity index (χ3n) is 5.12. The smallest absolute Gasteiger partial charge is 0.292 e. The van der Waals surface area contributed by atoms with Crippen LogP contribution in [-0.4, -0.2) is 30.9 Å². The summed E-state index contributed by atoms with van der Waals surface area (Å²) in [6.45, 7) is 0.218. The predicted octanol–water partition coefficient (Wildman–Crippen LogP) is 4.11. The van der Waals surface area contributed by atoms with Gasteiger partial charge in [0.1, 0.15) is 11.5 Å². The molecule has 1 fully saturated rings. The highest BCUT2D eigenvalue weighted by molar-refractivity contribution is 8.15. The summed E-state index contributed by atoms with van der Waals surface area (Å²) in [5.74, 6) is -1.23. The van der Waals surface area contributed by atoms with E-state index in [0.29, 0.717) is 0 Å². The highest BCUT2D eigenvalue weighted by Crippen LogP contribution is 2.33. The Bertz CT molecular complexity index is 1470. The molecule has 1 aromatic heterocycles. The number of halogens is 5. The molecule has 0 unspecified atom stereocenters. The summed E-state index contributed by atoms with van der Waals surface area (Å²) in [4.78, 5) is 43.1. The lowest BCUT2D eigenvalue weighted by Crippen LogP contribution is -2.41. The van der Waals surface area contributed by atoms with E-state index in [1.165, 1.54) is 4.90 Å². The van der Waals surface area contributed by atoms with Gasteiger partial charge in [-0.1, -0.05) is 53.7 Å². The molecule has 3 aromatic rings. The van der Waals surface area contributed by atoms with Crippen molar-refractivity contribution in [2.75, 3.05) is 5.75 Å². The average Bonchev–Trinajstić information content (AvgIpc) is 3.12. The van der Waals surface area contributed by atoms with E-state index in [9.17, 15) is 31.9 Å². The zero-order valence-corrected chi connectivity index (χ0v) is 19.4. The van der Waals surface area contributed by atoms with Crippen LogP contribution in [0.15, 0.2) is 63.1 Å². The number of nitrogens with zero attached hydrogens (tertiary/aromatic N) is 4. The Morgan fingerprint density at radius 3 is 2.43 bits per heavy atom. The molecule has 13 heteroatoms. The van der Waals surface area contributed by atoms with Crippen molar-refractivity contribution in [3.8, 4) is 5.69 Å². The number of hydrogen-bond acceptors (Lipinski definition) is 5. The molecule has 0 radical (unpaired) electrons. The first-order valence-electron chi connectivity index (χ1n) is 9.93. The fourth-order valence-electron chi connectivity index (χ4n) is 3.41. The first-order valence-corrected chi connectivity index (χ1v) is 11.3. The molecule has 0 spiro atoms. The summed E-state index contributed by atoms with van der Waals surface area (Å²) < 4.78 is 54.6. The zero-order chi connectivity index (χ0) is 25.5. The number of rotatable bonds is 4. The van der Waals surface area contributed by atoms with Crippen LogP contribution in [0.4, 0.5) is 23.2 Å². The van der Waals surface area contributed by atoms with Gasteiger partial charge in [-0.25, -0.2) is 18.7 Å². The van der Waals surface area contributed by atoms with Crippen molar-refractivity contribution < 1.29 is 22.4 Å². The third kappa shape index (κ3) is 4.89. The SMILES string of the molecule is Cn1c(C(F)(F)F)cc(=O)n(-c2cc(N=C3SCC(=O)N3Cc3ccccc3)c(Cl)cc2F)c1=O. The van der Waals surface area contributed by atoms with Crippen molar-refractivity contribution in [2.45, 2.75) is 12.7 Å². The molecule has 182 valence electrons. The fraction of sp³-hybridized carbons (Fsp3) is 0.182. The van der Waals surface area contributed by atoms with Crippen LogP contribution in [-0.2, 0) is 24.6 Å². The fourth-order valence-corrected chi connectivity index (χ4v) is 4.50. The van der Waals surface area contributed by atoms with Gasteiger partial charge in [-0.15, -0.1) is 0 Å². The van der Waals surface area contributed by atoms with Crippen LogP contribution in [0.5, 0.6) is 0 Å². The van der Waals surface area contributed by atoms with Crippen molar-refractivity contribution in [2.24, 2.45) is 12.0 Å². The number of benzene rings is 2. The molecule has 2 heterocycles. The Morgan fingerprint density at radius 2 is 1.77 bits per heavy atom. The lowest BCUT2D eigenvalue weighted by molar-refractivity contribution is -0.144. The van der Waals surface area contributed by atoms with Gasteiger partial charge < -0.3 is 0 Å². The Hall–Kier alpha value is -3.38. The molecule has 0 aliphatic carbocycles. The minimum absolute atomic E-state index is 0.0767. The van der Waals surface area contributed by atoms with E-state index in [1.54, 1.807) is 0 Å². The molecule has 1 saturated heterocycles. The standard InChI is InChI=1S/C22H15ClF4N4O3S/c1-29-17(22(25,26)27)9-18(32)31(21(29)34)16-8-15(13(23)7-14(16)24)28-20-30(19(33)11-35-20)10-12-5-3-2-4-6-12/h2-9H,10-11H2,1H3. The maximum atomic E-state index is 14.7. The summed E-state index contributed by atoms with van der Waals surface area (Å²) in [5, 5.41) is 0.0705. The predicted molar refractivity (Wildman–Crippen MR) is 124 cm³/mol. The third-order valence-corrected chi connectivity index (χ3v) is 6.39. The van der Waals surface area contributed by atoms with Gasteiger partial charge in [0.05, 0.1) is 28.7 Å². The van der Waals surface area contributed by atoms with Crippen LogP contribution in [0, 0.1) is 5.82 Å². The molecule has 0 N–H and O–H groups in total. The number of aromatic nitrogens is 2. The summed E-state index contributed by atoms with van der Waals surface area (Å²) in [7, 11) is 0.818. The quantitative estimate of drug-likeness (QED) is 0.479. The molecule has 4 rings (SSSR count). The minimum Gasteiger partial charge on any atom is -0.292 e. The zero-order valence-electron chi connectivity index (χ0n) is 17.8. The number of alkyl halides is 3. The Labute approximate surface area is 204 Å². The Kier molecular flexibility index (Phi) is 6.60. The molecule has 1 aliphatic heterocycles. The maximum Gasteiger partial charge on any atom is 0.431 e. The number of carbonyl (C=O) groups excluding carboxylic acids is 1. The van der Waals surface area contributed by atoms with Crippen LogP contribution in [0.2, 0.25) is 5.02 Å². The monoisotopic (exact) mass is 526 g/mol. The summed E-state index contributed by atoms with van der Waals surface area (Å²) in [5.41, 5.74) is -4.13. The largest absolute Gasteiger partial charge is 0.431 e. The summed E-state index contributed by atoms with van der Waals surface area (Å²) in [6.07, 6.45) is -4.96. The van der Waals surface area contributed by atoms with E-state index >= 15 is 0 Å². The van der Waals surface area contributed by atoms with Gasteiger partial charge in [0.25, 0.3) is 5.56 Å². The second-order valence-corrected chi connectivity index (χ2v) is 8.80. The molecule has 2 aromatic carbocycles. The van der Waals surface area contributed by atoms with E-state index in [0.717, 1.165) is 36.5 Å². The lowest BCUT2D eigenvalue weighted by atomic mass is 10.2. The van der Waals surface area contributed by atoms with Crippen molar-refractivity contribution in [1.29, 1.82) is 0 Å². The maximum absolute atomic E-state index is 14.7. The number of thioether (sulfide) groups is 1. The van der Waals surface area contributed by atoms with Crippen molar-refractivity contribution in [1.82, 2.24) is 14.0 Å². The molecule has 0 atom stereocenters. The highest BCUT2D eigenvalue weighted by Gasteiger charge is 2.35. The molecular formula is C22H15ClF4N4O3S. The lowest BCUT2D eigenvalue weighted by Gasteiger charge is -2.17. The van der Waals surface area contributed by atoms with Crippen LogP contribution in [0.3, 0.4) is 0 Å². The van der Waals surface area contributed by atoms with Gasteiger partial charge >= 0.3 is 11.9 Å². The second-order valence-electron chi connectivity index (χ2n) is 7.45.